The van der Waals surface area contributed by atoms with E-state index in [0.29, 0.717) is 13.1 Å². The predicted octanol–water partition coefficient (Wildman–Crippen LogP) is 3.31. The first-order chi connectivity index (χ1) is 12.1. The molecule has 2 atom stereocenters. The summed E-state index contributed by atoms with van der Waals surface area (Å²) in [5.41, 5.74) is 1.81. The number of likely N-dealkylation sites (tertiary alicyclic amines) is 1. The lowest BCUT2D eigenvalue weighted by Crippen LogP contribution is -2.43. The van der Waals surface area contributed by atoms with Gasteiger partial charge in [-0.3, -0.25) is 14.7 Å². The van der Waals surface area contributed by atoms with Gasteiger partial charge in [0.2, 0.25) is 5.91 Å². The van der Waals surface area contributed by atoms with Gasteiger partial charge in [0.05, 0.1) is 17.7 Å². The third-order valence-corrected chi connectivity index (χ3v) is 4.66. The fourth-order valence-electron chi connectivity index (χ4n) is 3.34. The van der Waals surface area contributed by atoms with Crippen molar-refractivity contribution in [2.24, 2.45) is 5.92 Å². The van der Waals surface area contributed by atoms with Crippen molar-refractivity contribution in [1.29, 1.82) is 0 Å². The minimum absolute atomic E-state index is 0.0338. The molecule has 1 amide bonds. The van der Waals surface area contributed by atoms with E-state index >= 15 is 0 Å². The van der Waals surface area contributed by atoms with Gasteiger partial charge in [-0.1, -0.05) is 18.2 Å². The monoisotopic (exact) mass is 341 g/mol. The van der Waals surface area contributed by atoms with E-state index < -0.39 is 0 Å². The molecule has 2 aromatic rings. The number of carbonyl (C=O) groups is 1. The molecule has 1 saturated heterocycles. The van der Waals surface area contributed by atoms with Gasteiger partial charge in [-0.2, -0.15) is 0 Å². The Hall–Kier alpha value is -2.27. The number of benzene rings is 1. The van der Waals surface area contributed by atoms with E-state index in [1.54, 1.807) is 18.3 Å². The van der Waals surface area contributed by atoms with Crippen molar-refractivity contribution in [3.8, 4) is 0 Å². The minimum Gasteiger partial charge on any atom is -0.348 e. The molecule has 1 aliphatic rings. The molecule has 4 nitrogen and oxygen atoms in total. The van der Waals surface area contributed by atoms with Gasteiger partial charge in [-0.15, -0.1) is 0 Å². The summed E-state index contributed by atoms with van der Waals surface area (Å²) in [4.78, 5) is 19.1. The van der Waals surface area contributed by atoms with Gasteiger partial charge in [0, 0.05) is 19.3 Å². The molecule has 1 aromatic heterocycles. The van der Waals surface area contributed by atoms with Crippen LogP contribution in [0, 0.1) is 11.7 Å². The molecular formula is C20H24FN3O. The van der Waals surface area contributed by atoms with Crippen molar-refractivity contribution >= 4 is 5.91 Å². The first kappa shape index (κ1) is 17.5. The van der Waals surface area contributed by atoms with Crippen molar-refractivity contribution in [1.82, 2.24) is 15.2 Å². The number of carbonyl (C=O) groups excluding carboxylic acids is 1. The molecule has 3 rings (SSSR count). The smallest absolute Gasteiger partial charge is 0.224 e. The van der Waals surface area contributed by atoms with Gasteiger partial charge in [0.25, 0.3) is 0 Å². The largest absolute Gasteiger partial charge is 0.348 e. The van der Waals surface area contributed by atoms with E-state index in [-0.39, 0.29) is 23.7 Å². The molecule has 1 N–H and O–H groups in total. The molecule has 2 unspecified atom stereocenters. The molecule has 1 fully saturated rings. The van der Waals surface area contributed by atoms with E-state index in [1.807, 2.05) is 31.2 Å². The number of hydrogen-bond acceptors (Lipinski definition) is 3. The Morgan fingerprint density at radius 1 is 1.36 bits per heavy atom. The topological polar surface area (TPSA) is 45.2 Å². The molecule has 1 aliphatic heterocycles. The van der Waals surface area contributed by atoms with E-state index in [0.717, 1.165) is 30.6 Å². The third-order valence-electron chi connectivity index (χ3n) is 4.66. The van der Waals surface area contributed by atoms with Gasteiger partial charge in [-0.25, -0.2) is 4.39 Å². The summed E-state index contributed by atoms with van der Waals surface area (Å²) in [5, 5.41) is 3.07. The standard InChI is InChI=1S/C20H24FN3O/c1-15(19-9-2-3-10-22-19)23-20(25)17-7-5-11-24(14-17)13-16-6-4-8-18(21)12-16/h2-4,6,8-10,12,15,17H,5,7,11,13-14H2,1H3,(H,23,25). The number of nitrogens with zero attached hydrogens (tertiary/aromatic N) is 2. The zero-order valence-electron chi connectivity index (χ0n) is 14.5. The summed E-state index contributed by atoms with van der Waals surface area (Å²) in [7, 11) is 0. The molecule has 0 aliphatic carbocycles. The summed E-state index contributed by atoms with van der Waals surface area (Å²) in [6, 6.07) is 12.3. The van der Waals surface area contributed by atoms with Crippen LogP contribution in [0.15, 0.2) is 48.7 Å². The summed E-state index contributed by atoms with van der Waals surface area (Å²) >= 11 is 0. The maximum Gasteiger partial charge on any atom is 0.224 e. The highest BCUT2D eigenvalue weighted by Crippen LogP contribution is 2.20. The lowest BCUT2D eigenvalue weighted by molar-refractivity contribution is -0.127. The Balaban J connectivity index is 1.56. The van der Waals surface area contributed by atoms with Gasteiger partial charge >= 0.3 is 0 Å². The Labute approximate surface area is 148 Å². The molecule has 0 bridgehead atoms. The Morgan fingerprint density at radius 3 is 3.00 bits per heavy atom. The highest BCUT2D eigenvalue weighted by atomic mass is 19.1. The molecule has 0 spiro atoms. The molecule has 2 heterocycles. The van der Waals surface area contributed by atoms with Crippen LogP contribution >= 0.6 is 0 Å². The molecular weight excluding hydrogens is 317 g/mol. The van der Waals surface area contributed by atoms with Crippen LogP contribution in [0.4, 0.5) is 4.39 Å². The van der Waals surface area contributed by atoms with Crippen molar-refractivity contribution < 1.29 is 9.18 Å². The number of pyridine rings is 1. The maximum atomic E-state index is 13.3. The second-order valence-electron chi connectivity index (χ2n) is 6.69. The summed E-state index contributed by atoms with van der Waals surface area (Å²) < 4.78 is 13.3. The van der Waals surface area contributed by atoms with Gasteiger partial charge < -0.3 is 5.32 Å². The Kier molecular flexibility index (Phi) is 5.76. The molecule has 0 saturated carbocycles. The van der Waals surface area contributed by atoms with Gasteiger partial charge in [0.15, 0.2) is 0 Å². The average molecular weight is 341 g/mol. The number of nitrogens with one attached hydrogen (secondary N) is 1. The molecule has 132 valence electrons. The molecule has 0 radical (unpaired) electrons. The maximum absolute atomic E-state index is 13.3. The van der Waals surface area contributed by atoms with Crippen molar-refractivity contribution in [2.45, 2.75) is 32.4 Å². The zero-order chi connectivity index (χ0) is 17.6. The van der Waals surface area contributed by atoms with Crippen LogP contribution in [0.1, 0.15) is 37.1 Å². The quantitative estimate of drug-likeness (QED) is 0.907. The minimum atomic E-state index is -0.215. The fraction of sp³-hybridized carbons (Fsp3) is 0.400. The summed E-state index contributed by atoms with van der Waals surface area (Å²) in [6.45, 7) is 4.28. The second-order valence-corrected chi connectivity index (χ2v) is 6.69. The van der Waals surface area contributed by atoms with Crippen molar-refractivity contribution in [3.05, 3.63) is 65.7 Å². The third kappa shape index (κ3) is 4.86. The molecule has 1 aromatic carbocycles. The Bertz CT molecular complexity index is 707. The predicted molar refractivity (Wildman–Crippen MR) is 95.2 cm³/mol. The van der Waals surface area contributed by atoms with Crippen LogP contribution < -0.4 is 5.32 Å². The SMILES string of the molecule is CC(NC(=O)C1CCCN(Cc2cccc(F)c2)C1)c1ccccn1. The highest BCUT2D eigenvalue weighted by Gasteiger charge is 2.27. The van der Waals surface area contributed by atoms with Crippen molar-refractivity contribution in [3.63, 3.8) is 0 Å². The van der Waals surface area contributed by atoms with Crippen LogP contribution in [0.3, 0.4) is 0 Å². The van der Waals surface area contributed by atoms with Crippen LogP contribution in [-0.4, -0.2) is 28.9 Å². The Morgan fingerprint density at radius 2 is 2.24 bits per heavy atom. The van der Waals surface area contributed by atoms with Crippen molar-refractivity contribution in [2.75, 3.05) is 13.1 Å². The summed E-state index contributed by atoms with van der Waals surface area (Å²) in [5.74, 6) is -0.177. The summed E-state index contributed by atoms with van der Waals surface area (Å²) in [6.07, 6.45) is 3.60. The second kappa shape index (κ2) is 8.21. The lowest BCUT2D eigenvalue weighted by atomic mass is 9.96. The van der Waals surface area contributed by atoms with Crippen LogP contribution in [0.2, 0.25) is 0 Å². The molecule has 25 heavy (non-hydrogen) atoms. The molecule has 5 heteroatoms. The number of aromatic nitrogens is 1. The number of amides is 1. The van der Waals surface area contributed by atoms with E-state index in [9.17, 15) is 9.18 Å². The highest BCUT2D eigenvalue weighted by molar-refractivity contribution is 5.79. The number of rotatable bonds is 5. The number of piperidine rings is 1. The number of hydrogen-bond donors (Lipinski definition) is 1. The first-order valence-electron chi connectivity index (χ1n) is 8.80. The lowest BCUT2D eigenvalue weighted by Gasteiger charge is -2.32. The zero-order valence-corrected chi connectivity index (χ0v) is 14.5. The van der Waals surface area contributed by atoms with Crippen LogP contribution in [-0.2, 0) is 11.3 Å². The van der Waals surface area contributed by atoms with E-state index in [1.165, 1.54) is 6.07 Å². The van der Waals surface area contributed by atoms with Crippen LogP contribution in [0.25, 0.3) is 0 Å². The number of halogens is 1. The normalized spacial score (nSPS) is 19.4. The van der Waals surface area contributed by atoms with E-state index in [2.05, 4.69) is 15.2 Å². The van der Waals surface area contributed by atoms with Gasteiger partial charge in [0.1, 0.15) is 5.82 Å². The van der Waals surface area contributed by atoms with E-state index in [4.69, 9.17) is 0 Å². The van der Waals surface area contributed by atoms with Crippen LogP contribution in [0.5, 0.6) is 0 Å². The fourth-order valence-corrected chi connectivity index (χ4v) is 3.34. The van der Waals surface area contributed by atoms with Gasteiger partial charge in [-0.05, 0) is 56.1 Å². The first-order valence-corrected chi connectivity index (χ1v) is 8.80. The average Bonchev–Trinajstić information content (AvgIpc) is 2.62.